The number of rotatable bonds is 5. The molecule has 2 rings (SSSR count). The fraction of sp³-hybridized carbons (Fsp3) is 0.455. The third-order valence-electron chi connectivity index (χ3n) is 3.00. The highest BCUT2D eigenvalue weighted by Crippen LogP contribution is 2.25. The molecule has 0 bridgehead atoms. The van der Waals surface area contributed by atoms with Crippen molar-refractivity contribution in [2.45, 2.75) is 31.8 Å². The van der Waals surface area contributed by atoms with Crippen LogP contribution in [-0.4, -0.2) is 30.6 Å². The van der Waals surface area contributed by atoms with Crippen LogP contribution in [0.15, 0.2) is 12.7 Å². The molecule has 0 fully saturated rings. The second-order valence-electron chi connectivity index (χ2n) is 4.28. The summed E-state index contributed by atoms with van der Waals surface area (Å²) in [4.78, 5) is 23.4. The van der Waals surface area contributed by atoms with E-state index in [1.54, 1.807) is 0 Å². The molecule has 7 nitrogen and oxygen atoms in total. The molecule has 0 radical (unpaired) electrons. The SMILES string of the molecule is CCCCC(N)(C(=O)O)n1cnc2c(Cl)ncnc21. The van der Waals surface area contributed by atoms with Gasteiger partial charge in [0.15, 0.2) is 16.5 Å². The largest absolute Gasteiger partial charge is 0.478 e. The number of imidazole rings is 1. The van der Waals surface area contributed by atoms with E-state index in [1.807, 2.05) is 6.92 Å². The second kappa shape index (κ2) is 5.10. The average molecular weight is 284 g/mol. The van der Waals surface area contributed by atoms with Crippen LogP contribution in [0.2, 0.25) is 5.15 Å². The van der Waals surface area contributed by atoms with Crippen molar-refractivity contribution < 1.29 is 9.90 Å². The van der Waals surface area contributed by atoms with Crippen molar-refractivity contribution in [3.63, 3.8) is 0 Å². The van der Waals surface area contributed by atoms with Gasteiger partial charge in [-0.2, -0.15) is 0 Å². The standard InChI is InChI=1S/C11H14ClN5O2/c1-2-3-4-11(13,10(18)19)17-6-16-7-8(12)14-5-15-9(7)17/h5-6H,2-4,13H2,1H3,(H,18,19). The Morgan fingerprint density at radius 1 is 1.53 bits per heavy atom. The smallest absolute Gasteiger partial charge is 0.345 e. The van der Waals surface area contributed by atoms with Crippen molar-refractivity contribution >= 4 is 28.7 Å². The summed E-state index contributed by atoms with van der Waals surface area (Å²) in [5, 5.41) is 9.58. The van der Waals surface area contributed by atoms with E-state index in [1.165, 1.54) is 17.2 Å². The van der Waals surface area contributed by atoms with Crippen LogP contribution >= 0.6 is 11.6 Å². The van der Waals surface area contributed by atoms with Crippen LogP contribution in [0.25, 0.3) is 11.2 Å². The molecule has 0 aromatic carbocycles. The van der Waals surface area contributed by atoms with Crippen molar-refractivity contribution in [3.05, 3.63) is 17.8 Å². The molecule has 0 aliphatic heterocycles. The molecule has 0 amide bonds. The van der Waals surface area contributed by atoms with E-state index < -0.39 is 11.6 Å². The van der Waals surface area contributed by atoms with E-state index in [9.17, 15) is 9.90 Å². The summed E-state index contributed by atoms with van der Waals surface area (Å²) < 4.78 is 1.34. The number of aromatic nitrogens is 4. The Morgan fingerprint density at radius 3 is 2.89 bits per heavy atom. The topological polar surface area (TPSA) is 107 Å². The highest BCUT2D eigenvalue weighted by molar-refractivity contribution is 6.33. The van der Waals surface area contributed by atoms with E-state index in [2.05, 4.69) is 15.0 Å². The minimum Gasteiger partial charge on any atom is -0.478 e. The molecule has 3 N–H and O–H groups in total. The van der Waals surface area contributed by atoms with Gasteiger partial charge in [0.2, 0.25) is 0 Å². The maximum Gasteiger partial charge on any atom is 0.345 e. The molecule has 0 saturated heterocycles. The number of hydrogen-bond donors (Lipinski definition) is 2. The second-order valence-corrected chi connectivity index (χ2v) is 4.64. The van der Waals surface area contributed by atoms with Gasteiger partial charge in [0, 0.05) is 0 Å². The van der Waals surface area contributed by atoms with Crippen molar-refractivity contribution in [1.82, 2.24) is 19.5 Å². The highest BCUT2D eigenvalue weighted by atomic mass is 35.5. The Hall–Kier alpha value is -1.73. The molecule has 8 heteroatoms. The summed E-state index contributed by atoms with van der Waals surface area (Å²) in [5.74, 6) is -1.13. The molecule has 19 heavy (non-hydrogen) atoms. The van der Waals surface area contributed by atoms with Crippen LogP contribution in [-0.2, 0) is 10.5 Å². The van der Waals surface area contributed by atoms with Crippen LogP contribution in [0.5, 0.6) is 0 Å². The van der Waals surface area contributed by atoms with Gasteiger partial charge in [0.05, 0.1) is 6.33 Å². The van der Waals surface area contributed by atoms with Crippen LogP contribution < -0.4 is 5.73 Å². The Labute approximate surface area is 114 Å². The van der Waals surface area contributed by atoms with Gasteiger partial charge in [-0.25, -0.2) is 19.7 Å². The lowest BCUT2D eigenvalue weighted by Gasteiger charge is -2.26. The van der Waals surface area contributed by atoms with E-state index in [4.69, 9.17) is 17.3 Å². The number of carboxylic acids is 1. The summed E-state index contributed by atoms with van der Waals surface area (Å²) in [7, 11) is 0. The van der Waals surface area contributed by atoms with E-state index >= 15 is 0 Å². The molecule has 2 heterocycles. The Bertz CT molecular complexity index is 614. The minimum absolute atomic E-state index is 0.173. The molecule has 1 atom stereocenters. The number of carboxylic acid groups (broad SMARTS) is 1. The molecule has 0 aliphatic rings. The Balaban J connectivity index is 2.57. The first kappa shape index (κ1) is 13.7. The third kappa shape index (κ3) is 2.26. The maximum atomic E-state index is 11.5. The lowest BCUT2D eigenvalue weighted by molar-refractivity contribution is -0.147. The predicted octanol–water partition coefficient (Wildman–Crippen LogP) is 1.37. The van der Waals surface area contributed by atoms with Crippen molar-refractivity contribution in [1.29, 1.82) is 0 Å². The fourth-order valence-corrected chi connectivity index (χ4v) is 2.05. The molecule has 2 aromatic rings. The van der Waals surface area contributed by atoms with Gasteiger partial charge in [-0.05, 0) is 12.8 Å². The van der Waals surface area contributed by atoms with Crippen molar-refractivity contribution in [2.75, 3.05) is 0 Å². The molecular formula is C11H14ClN5O2. The number of hydrogen-bond acceptors (Lipinski definition) is 5. The molecule has 0 spiro atoms. The number of nitrogens with two attached hydrogens (primary N) is 1. The van der Waals surface area contributed by atoms with E-state index in [-0.39, 0.29) is 11.6 Å². The van der Waals surface area contributed by atoms with Crippen LogP contribution in [0.4, 0.5) is 0 Å². The third-order valence-corrected chi connectivity index (χ3v) is 3.28. The monoisotopic (exact) mass is 283 g/mol. The summed E-state index contributed by atoms with van der Waals surface area (Å²) >= 11 is 5.89. The Kier molecular flexibility index (Phi) is 3.68. The first-order chi connectivity index (χ1) is 9.00. The van der Waals surface area contributed by atoms with E-state index in [0.717, 1.165) is 6.42 Å². The quantitative estimate of drug-likeness (QED) is 0.803. The number of nitrogens with zero attached hydrogens (tertiary/aromatic N) is 4. The first-order valence-corrected chi connectivity index (χ1v) is 6.24. The summed E-state index contributed by atoms with van der Waals surface area (Å²) in [6.45, 7) is 1.97. The first-order valence-electron chi connectivity index (χ1n) is 5.87. The maximum absolute atomic E-state index is 11.5. The van der Waals surface area contributed by atoms with Crippen molar-refractivity contribution in [2.24, 2.45) is 5.73 Å². The van der Waals surface area contributed by atoms with Gasteiger partial charge in [-0.3, -0.25) is 10.3 Å². The molecule has 1 unspecified atom stereocenters. The lowest BCUT2D eigenvalue weighted by atomic mass is 10.0. The van der Waals surface area contributed by atoms with Crippen LogP contribution in [0.3, 0.4) is 0 Å². The number of fused-ring (bicyclic) bond motifs is 1. The van der Waals surface area contributed by atoms with Crippen LogP contribution in [0.1, 0.15) is 26.2 Å². The van der Waals surface area contributed by atoms with Gasteiger partial charge >= 0.3 is 5.97 Å². The van der Waals surface area contributed by atoms with Gasteiger partial charge < -0.3 is 5.11 Å². The molecule has 2 aromatic heterocycles. The number of unbranched alkanes of at least 4 members (excludes halogenated alkanes) is 1. The van der Waals surface area contributed by atoms with Gasteiger partial charge in [-0.15, -0.1) is 0 Å². The highest BCUT2D eigenvalue weighted by Gasteiger charge is 2.37. The molecule has 0 saturated carbocycles. The van der Waals surface area contributed by atoms with Gasteiger partial charge in [-0.1, -0.05) is 24.9 Å². The predicted molar refractivity (Wildman–Crippen MR) is 69.7 cm³/mol. The lowest BCUT2D eigenvalue weighted by Crippen LogP contribution is -2.50. The van der Waals surface area contributed by atoms with Gasteiger partial charge in [0.25, 0.3) is 0 Å². The number of halogens is 1. The number of carbonyl (C=O) groups is 1. The van der Waals surface area contributed by atoms with Gasteiger partial charge in [0.1, 0.15) is 11.8 Å². The summed E-state index contributed by atoms with van der Waals surface area (Å²) in [5.41, 5.74) is 5.11. The van der Waals surface area contributed by atoms with E-state index in [0.29, 0.717) is 17.6 Å². The molecular weight excluding hydrogens is 270 g/mol. The molecule has 102 valence electrons. The zero-order valence-corrected chi connectivity index (χ0v) is 11.1. The minimum atomic E-state index is -1.58. The zero-order chi connectivity index (χ0) is 14.0. The van der Waals surface area contributed by atoms with Crippen molar-refractivity contribution in [3.8, 4) is 0 Å². The average Bonchev–Trinajstić information content (AvgIpc) is 2.81. The summed E-state index contributed by atoms with van der Waals surface area (Å²) in [6.07, 6.45) is 4.40. The zero-order valence-electron chi connectivity index (χ0n) is 10.4. The molecule has 0 aliphatic carbocycles. The summed E-state index contributed by atoms with van der Waals surface area (Å²) in [6, 6.07) is 0. The number of aliphatic carboxylic acids is 1. The fourth-order valence-electron chi connectivity index (χ4n) is 1.87. The van der Waals surface area contributed by atoms with Crippen LogP contribution in [0, 0.1) is 0 Å². The Morgan fingerprint density at radius 2 is 2.26 bits per heavy atom. The normalized spacial score (nSPS) is 14.5.